The summed E-state index contributed by atoms with van der Waals surface area (Å²) < 4.78 is 0. The van der Waals surface area contributed by atoms with Gasteiger partial charge in [-0.2, -0.15) is 0 Å². The quantitative estimate of drug-likeness (QED) is 0.724. The zero-order valence-corrected chi connectivity index (χ0v) is 8.16. The van der Waals surface area contributed by atoms with Crippen LogP contribution in [-0.2, 0) is 0 Å². The van der Waals surface area contributed by atoms with Crippen LogP contribution in [0, 0.1) is 6.07 Å². The molecule has 0 fully saturated rings. The van der Waals surface area contributed by atoms with Gasteiger partial charge in [0.05, 0.1) is 0 Å². The van der Waals surface area contributed by atoms with Gasteiger partial charge in [-0.15, -0.1) is 0 Å². The van der Waals surface area contributed by atoms with Crippen molar-refractivity contribution in [3.05, 3.63) is 36.0 Å². The van der Waals surface area contributed by atoms with E-state index in [9.17, 15) is 4.79 Å². The van der Waals surface area contributed by atoms with Crippen LogP contribution < -0.4 is 0 Å². The van der Waals surface area contributed by atoms with Gasteiger partial charge >= 0.3 is 0 Å². The van der Waals surface area contributed by atoms with Crippen LogP contribution in [-0.4, -0.2) is 29.9 Å². The molecule has 0 saturated heterocycles. The SMILES string of the molecule is CN(C)C(=O)c1ccc2[nH]c[c]c2c1. The van der Waals surface area contributed by atoms with Crippen LogP contribution >= 0.6 is 0 Å². The van der Waals surface area contributed by atoms with Crippen molar-refractivity contribution >= 4 is 16.8 Å². The highest BCUT2D eigenvalue weighted by Crippen LogP contribution is 2.14. The number of carbonyl (C=O) groups excluding carboxylic acids is 1. The predicted molar refractivity (Wildman–Crippen MR) is 55.2 cm³/mol. The standard InChI is InChI=1S/C11H11N2O/c1-13(2)11(14)9-3-4-10-8(7-9)5-6-12-10/h3-4,6-7,12H,1-2H3. The molecule has 1 aromatic heterocycles. The molecule has 0 saturated carbocycles. The van der Waals surface area contributed by atoms with E-state index in [0.717, 1.165) is 10.9 Å². The predicted octanol–water partition coefficient (Wildman–Crippen LogP) is 1.67. The Morgan fingerprint density at radius 1 is 1.43 bits per heavy atom. The monoisotopic (exact) mass is 187 g/mol. The number of fused-ring (bicyclic) bond motifs is 1. The molecule has 3 nitrogen and oxygen atoms in total. The first-order chi connectivity index (χ1) is 6.68. The summed E-state index contributed by atoms with van der Waals surface area (Å²) in [7, 11) is 3.49. The zero-order chi connectivity index (χ0) is 10.1. The van der Waals surface area contributed by atoms with E-state index >= 15 is 0 Å². The summed E-state index contributed by atoms with van der Waals surface area (Å²) in [6.45, 7) is 0. The number of carbonyl (C=O) groups is 1. The van der Waals surface area contributed by atoms with Gasteiger partial charge in [-0.3, -0.25) is 4.79 Å². The Morgan fingerprint density at radius 2 is 2.21 bits per heavy atom. The number of nitrogens with zero attached hydrogens (tertiary/aromatic N) is 1. The molecule has 1 amide bonds. The fraction of sp³-hybridized carbons (Fsp3) is 0.182. The molecular weight excluding hydrogens is 176 g/mol. The normalized spacial score (nSPS) is 10.4. The van der Waals surface area contributed by atoms with Gasteiger partial charge in [-0.1, -0.05) is 0 Å². The van der Waals surface area contributed by atoms with E-state index in [0.29, 0.717) is 5.56 Å². The molecule has 0 atom stereocenters. The third-order valence-corrected chi connectivity index (χ3v) is 2.13. The van der Waals surface area contributed by atoms with Crippen LogP contribution in [0.4, 0.5) is 0 Å². The van der Waals surface area contributed by atoms with E-state index in [1.807, 2.05) is 18.2 Å². The number of nitrogens with one attached hydrogen (secondary N) is 1. The van der Waals surface area contributed by atoms with Crippen molar-refractivity contribution in [3.8, 4) is 0 Å². The van der Waals surface area contributed by atoms with Gasteiger partial charge in [0.2, 0.25) is 0 Å². The summed E-state index contributed by atoms with van der Waals surface area (Å²) in [5.41, 5.74) is 1.69. The van der Waals surface area contributed by atoms with Gasteiger partial charge in [0, 0.05) is 42.8 Å². The summed E-state index contributed by atoms with van der Waals surface area (Å²) in [6, 6.07) is 8.57. The molecule has 2 aromatic rings. The maximum Gasteiger partial charge on any atom is 0.253 e. The second-order valence-electron chi connectivity index (χ2n) is 3.39. The number of aromatic nitrogens is 1. The highest BCUT2D eigenvalue weighted by Gasteiger charge is 2.08. The van der Waals surface area contributed by atoms with E-state index in [-0.39, 0.29) is 5.91 Å². The number of amides is 1. The molecule has 1 N–H and O–H groups in total. The molecular formula is C11H11N2O. The minimum atomic E-state index is 0.0153. The molecule has 0 aliphatic heterocycles. The molecule has 0 bridgehead atoms. The number of H-pyrrole nitrogens is 1. The molecule has 2 rings (SSSR count). The van der Waals surface area contributed by atoms with Crippen molar-refractivity contribution in [2.45, 2.75) is 0 Å². The lowest BCUT2D eigenvalue weighted by Crippen LogP contribution is -2.21. The Morgan fingerprint density at radius 3 is 2.93 bits per heavy atom. The van der Waals surface area contributed by atoms with E-state index in [4.69, 9.17) is 0 Å². The Bertz CT molecular complexity index is 471. The largest absolute Gasteiger partial charge is 0.361 e. The molecule has 3 heteroatoms. The van der Waals surface area contributed by atoms with Crippen molar-refractivity contribution < 1.29 is 4.79 Å². The molecule has 1 aromatic carbocycles. The van der Waals surface area contributed by atoms with Crippen LogP contribution in [0.5, 0.6) is 0 Å². The van der Waals surface area contributed by atoms with Crippen LogP contribution in [0.2, 0.25) is 0 Å². The Labute approximate surface area is 82.3 Å². The fourth-order valence-electron chi connectivity index (χ4n) is 1.37. The van der Waals surface area contributed by atoms with Crippen molar-refractivity contribution in [2.75, 3.05) is 14.1 Å². The highest BCUT2D eigenvalue weighted by atomic mass is 16.2. The van der Waals surface area contributed by atoms with E-state index in [2.05, 4.69) is 11.1 Å². The van der Waals surface area contributed by atoms with Crippen LogP contribution in [0.1, 0.15) is 10.4 Å². The lowest BCUT2D eigenvalue weighted by atomic mass is 10.1. The maximum absolute atomic E-state index is 11.6. The van der Waals surface area contributed by atoms with E-state index in [1.54, 1.807) is 25.2 Å². The van der Waals surface area contributed by atoms with Crippen LogP contribution in [0.15, 0.2) is 24.4 Å². The summed E-state index contributed by atoms with van der Waals surface area (Å²) in [6.07, 6.45) is 1.74. The maximum atomic E-state index is 11.6. The lowest BCUT2D eigenvalue weighted by Gasteiger charge is -2.09. The zero-order valence-electron chi connectivity index (χ0n) is 8.16. The van der Waals surface area contributed by atoms with Gasteiger partial charge in [-0.25, -0.2) is 0 Å². The summed E-state index contributed by atoms with van der Waals surface area (Å²) >= 11 is 0. The number of aromatic amines is 1. The Hall–Kier alpha value is -1.77. The Balaban J connectivity index is 2.48. The summed E-state index contributed by atoms with van der Waals surface area (Å²) in [5.74, 6) is 0.0153. The number of hydrogen-bond acceptors (Lipinski definition) is 1. The lowest BCUT2D eigenvalue weighted by molar-refractivity contribution is 0.0828. The first kappa shape index (κ1) is 8.81. The molecule has 0 spiro atoms. The van der Waals surface area contributed by atoms with Gasteiger partial charge in [-0.05, 0) is 18.2 Å². The third kappa shape index (κ3) is 1.37. The van der Waals surface area contributed by atoms with Crippen molar-refractivity contribution in [2.24, 2.45) is 0 Å². The second-order valence-corrected chi connectivity index (χ2v) is 3.39. The minimum absolute atomic E-state index is 0.0153. The number of hydrogen-bond donors (Lipinski definition) is 1. The van der Waals surface area contributed by atoms with Crippen molar-refractivity contribution in [1.82, 2.24) is 9.88 Å². The minimum Gasteiger partial charge on any atom is -0.361 e. The van der Waals surface area contributed by atoms with Gasteiger partial charge in [0.1, 0.15) is 0 Å². The topological polar surface area (TPSA) is 36.1 Å². The molecule has 0 unspecified atom stereocenters. The van der Waals surface area contributed by atoms with Gasteiger partial charge in [0.25, 0.3) is 5.91 Å². The van der Waals surface area contributed by atoms with Gasteiger partial charge in [0.15, 0.2) is 0 Å². The van der Waals surface area contributed by atoms with Crippen molar-refractivity contribution in [1.29, 1.82) is 0 Å². The second kappa shape index (κ2) is 3.18. The van der Waals surface area contributed by atoms with E-state index < -0.39 is 0 Å². The molecule has 0 aliphatic rings. The summed E-state index contributed by atoms with van der Waals surface area (Å²) in [5, 5.41) is 0.942. The highest BCUT2D eigenvalue weighted by molar-refractivity contribution is 5.97. The molecule has 14 heavy (non-hydrogen) atoms. The molecule has 0 aliphatic carbocycles. The fourth-order valence-corrected chi connectivity index (χ4v) is 1.37. The third-order valence-electron chi connectivity index (χ3n) is 2.13. The first-order valence-electron chi connectivity index (χ1n) is 4.39. The summed E-state index contributed by atoms with van der Waals surface area (Å²) in [4.78, 5) is 16.2. The van der Waals surface area contributed by atoms with Crippen molar-refractivity contribution in [3.63, 3.8) is 0 Å². The van der Waals surface area contributed by atoms with Gasteiger partial charge < -0.3 is 9.88 Å². The Kier molecular flexibility index (Phi) is 2.00. The molecule has 71 valence electrons. The first-order valence-corrected chi connectivity index (χ1v) is 4.39. The van der Waals surface area contributed by atoms with Crippen LogP contribution in [0.3, 0.4) is 0 Å². The average molecular weight is 187 g/mol. The molecule has 1 heterocycles. The number of rotatable bonds is 1. The van der Waals surface area contributed by atoms with Crippen LogP contribution in [0.25, 0.3) is 10.9 Å². The van der Waals surface area contributed by atoms with E-state index in [1.165, 1.54) is 0 Å². The smallest absolute Gasteiger partial charge is 0.253 e. The molecule has 1 radical (unpaired) electrons. The number of benzene rings is 1. The average Bonchev–Trinajstić information content (AvgIpc) is 2.62.